The molecule has 1 spiro atoms. The van der Waals surface area contributed by atoms with E-state index in [1.165, 1.54) is 88.3 Å². The van der Waals surface area contributed by atoms with Gasteiger partial charge in [0.1, 0.15) is 0 Å². The maximum atomic E-state index is 2.52. The Morgan fingerprint density at radius 1 is 0.239 bits per heavy atom. The summed E-state index contributed by atoms with van der Waals surface area (Å²) in [5, 5.41) is 4.94. The molecule has 2 aliphatic rings. The van der Waals surface area contributed by atoms with Crippen LogP contribution in [0, 0.1) is 0 Å². The predicted octanol–water partition coefficient (Wildman–Crippen LogP) is 18.6. The summed E-state index contributed by atoms with van der Waals surface area (Å²) in [7, 11) is 0. The molecule has 0 unspecified atom stereocenters. The van der Waals surface area contributed by atoms with Crippen molar-refractivity contribution < 1.29 is 0 Å². The van der Waals surface area contributed by atoms with Crippen molar-refractivity contribution in [2.24, 2.45) is 0 Å². The third-order valence-corrected chi connectivity index (χ3v) is 15.0. The standard InChI is InChI=1S/C69H46N2/c1-3-19-53(20-4-1)70(57-44-39-47-17-7-8-18-52(47)45-57)55-40-35-50(36-41-55)48-31-33-49(34-32-48)51-37-42-56(43-38-51)71(54-21-5-2-6-22-54)67-46-66-68(61-26-10-9-25-60(61)67)62-27-13-16-30-65(62)69(66)63-28-14-11-23-58(63)59-24-12-15-29-64(59)69/h1-46H. The van der Waals surface area contributed by atoms with Crippen molar-refractivity contribution >= 4 is 55.7 Å². The highest BCUT2D eigenvalue weighted by Gasteiger charge is 2.52. The molecule has 0 radical (unpaired) electrons. The first kappa shape index (κ1) is 40.8. The van der Waals surface area contributed by atoms with Crippen molar-refractivity contribution in [3.63, 3.8) is 0 Å². The van der Waals surface area contributed by atoms with Gasteiger partial charge in [-0.05, 0) is 150 Å². The molecular weight excluding hydrogens is 857 g/mol. The molecule has 0 amide bonds. The fraction of sp³-hybridized carbons (Fsp3) is 0.0145. The van der Waals surface area contributed by atoms with Gasteiger partial charge in [0.15, 0.2) is 0 Å². The van der Waals surface area contributed by atoms with Gasteiger partial charge in [0.2, 0.25) is 0 Å². The van der Waals surface area contributed by atoms with Gasteiger partial charge >= 0.3 is 0 Å². The van der Waals surface area contributed by atoms with Crippen molar-refractivity contribution in [3.8, 4) is 44.5 Å². The first-order chi connectivity index (χ1) is 35.2. The Morgan fingerprint density at radius 2 is 0.634 bits per heavy atom. The lowest BCUT2D eigenvalue weighted by Crippen LogP contribution is -2.26. The summed E-state index contributed by atoms with van der Waals surface area (Å²) in [6.45, 7) is 0. The van der Waals surface area contributed by atoms with Gasteiger partial charge in [0, 0.05) is 33.8 Å². The molecule has 2 heteroatoms. The highest BCUT2D eigenvalue weighted by Crippen LogP contribution is 2.64. The zero-order valence-corrected chi connectivity index (χ0v) is 39.0. The van der Waals surface area contributed by atoms with E-state index < -0.39 is 5.41 Å². The summed E-state index contributed by atoms with van der Waals surface area (Å²) in [4.78, 5) is 4.79. The van der Waals surface area contributed by atoms with Crippen LogP contribution in [0.1, 0.15) is 22.3 Å². The smallest absolute Gasteiger partial charge is 0.0726 e. The first-order valence-electron chi connectivity index (χ1n) is 24.6. The number of hydrogen-bond acceptors (Lipinski definition) is 2. The minimum Gasteiger partial charge on any atom is -0.310 e. The van der Waals surface area contributed by atoms with Crippen LogP contribution in [0.4, 0.5) is 34.1 Å². The van der Waals surface area contributed by atoms with Crippen LogP contribution in [-0.4, -0.2) is 0 Å². The van der Waals surface area contributed by atoms with E-state index in [-0.39, 0.29) is 0 Å². The third-order valence-electron chi connectivity index (χ3n) is 15.0. The zero-order valence-electron chi connectivity index (χ0n) is 39.0. The number of benzene rings is 12. The lowest BCUT2D eigenvalue weighted by atomic mass is 9.70. The van der Waals surface area contributed by atoms with Crippen molar-refractivity contribution in [1.82, 2.24) is 0 Å². The Balaban J connectivity index is 0.830. The van der Waals surface area contributed by atoms with Crippen molar-refractivity contribution in [1.29, 1.82) is 0 Å². The van der Waals surface area contributed by atoms with Crippen LogP contribution in [0.5, 0.6) is 0 Å². The van der Waals surface area contributed by atoms with E-state index in [4.69, 9.17) is 0 Å². The Morgan fingerprint density at radius 3 is 1.21 bits per heavy atom. The molecule has 0 aromatic heterocycles. The highest BCUT2D eigenvalue weighted by atomic mass is 15.1. The second kappa shape index (κ2) is 16.5. The molecule has 71 heavy (non-hydrogen) atoms. The van der Waals surface area contributed by atoms with Crippen molar-refractivity contribution in [2.45, 2.75) is 5.41 Å². The second-order valence-electron chi connectivity index (χ2n) is 18.8. The summed E-state index contributed by atoms with van der Waals surface area (Å²) in [5.74, 6) is 0. The molecule has 0 atom stereocenters. The summed E-state index contributed by atoms with van der Waals surface area (Å²) >= 11 is 0. The van der Waals surface area contributed by atoms with Gasteiger partial charge < -0.3 is 9.80 Å². The fourth-order valence-electron chi connectivity index (χ4n) is 11.9. The largest absolute Gasteiger partial charge is 0.310 e. The number of fused-ring (bicyclic) bond motifs is 13. The van der Waals surface area contributed by atoms with E-state index in [1.54, 1.807) is 0 Å². The van der Waals surface area contributed by atoms with Crippen LogP contribution in [0.3, 0.4) is 0 Å². The molecule has 12 aromatic rings. The minimum absolute atomic E-state index is 0.460. The maximum absolute atomic E-state index is 2.52. The molecule has 0 N–H and O–H groups in total. The average Bonchev–Trinajstić information content (AvgIpc) is 3.92. The number of nitrogens with zero attached hydrogens (tertiary/aromatic N) is 2. The topological polar surface area (TPSA) is 6.48 Å². The van der Waals surface area contributed by atoms with Gasteiger partial charge in [-0.3, -0.25) is 0 Å². The Bertz CT molecular complexity index is 3920. The second-order valence-corrected chi connectivity index (χ2v) is 18.8. The predicted molar refractivity (Wildman–Crippen MR) is 298 cm³/mol. The van der Waals surface area contributed by atoms with E-state index >= 15 is 0 Å². The molecule has 332 valence electrons. The van der Waals surface area contributed by atoms with Crippen LogP contribution in [0.2, 0.25) is 0 Å². The van der Waals surface area contributed by atoms with E-state index in [9.17, 15) is 0 Å². The molecule has 0 heterocycles. The number of hydrogen-bond donors (Lipinski definition) is 0. The normalized spacial score (nSPS) is 12.6. The number of rotatable bonds is 8. The molecule has 2 nitrogen and oxygen atoms in total. The summed E-state index contributed by atoms with van der Waals surface area (Å²) in [6, 6.07) is 103. The number of para-hydroxylation sites is 2. The van der Waals surface area contributed by atoms with Gasteiger partial charge in [-0.25, -0.2) is 0 Å². The van der Waals surface area contributed by atoms with Gasteiger partial charge in [0.25, 0.3) is 0 Å². The highest BCUT2D eigenvalue weighted by molar-refractivity contribution is 6.12. The summed E-state index contributed by atoms with van der Waals surface area (Å²) < 4.78 is 0. The molecule has 12 aromatic carbocycles. The average molecular weight is 903 g/mol. The summed E-state index contributed by atoms with van der Waals surface area (Å²) in [5.41, 5.74) is 21.6. The Hall–Kier alpha value is -9.24. The van der Waals surface area contributed by atoms with Crippen LogP contribution >= 0.6 is 0 Å². The van der Waals surface area contributed by atoms with E-state index in [0.29, 0.717) is 0 Å². The minimum atomic E-state index is -0.460. The lowest BCUT2D eigenvalue weighted by molar-refractivity contribution is 0.794. The quantitative estimate of drug-likeness (QED) is 0.150. The molecule has 0 aliphatic heterocycles. The monoisotopic (exact) mass is 902 g/mol. The molecular formula is C69H46N2. The summed E-state index contributed by atoms with van der Waals surface area (Å²) in [6.07, 6.45) is 0. The van der Waals surface area contributed by atoms with Crippen LogP contribution in [0.25, 0.3) is 66.1 Å². The zero-order chi connectivity index (χ0) is 46.9. The van der Waals surface area contributed by atoms with Crippen LogP contribution in [-0.2, 0) is 5.41 Å². The van der Waals surface area contributed by atoms with Gasteiger partial charge in [-0.2, -0.15) is 0 Å². The lowest BCUT2D eigenvalue weighted by Gasteiger charge is -2.33. The van der Waals surface area contributed by atoms with E-state index in [0.717, 1.165) is 34.1 Å². The number of anilines is 6. The molecule has 0 saturated carbocycles. The molecule has 0 saturated heterocycles. The third kappa shape index (κ3) is 6.42. The molecule has 0 bridgehead atoms. The van der Waals surface area contributed by atoms with Gasteiger partial charge in [-0.15, -0.1) is 0 Å². The van der Waals surface area contributed by atoms with Gasteiger partial charge in [0.05, 0.1) is 11.1 Å². The Labute approximate surface area is 414 Å². The maximum Gasteiger partial charge on any atom is 0.0726 e. The van der Waals surface area contributed by atoms with E-state index in [1.807, 2.05) is 0 Å². The molecule has 2 aliphatic carbocycles. The van der Waals surface area contributed by atoms with Crippen LogP contribution < -0.4 is 9.80 Å². The molecule has 0 fully saturated rings. The van der Waals surface area contributed by atoms with E-state index in [2.05, 4.69) is 289 Å². The fourth-order valence-corrected chi connectivity index (χ4v) is 11.9. The first-order valence-corrected chi connectivity index (χ1v) is 24.6. The Kier molecular flexibility index (Phi) is 9.47. The van der Waals surface area contributed by atoms with Crippen molar-refractivity contribution in [2.75, 3.05) is 9.80 Å². The van der Waals surface area contributed by atoms with Gasteiger partial charge in [-0.1, -0.05) is 212 Å². The SMILES string of the molecule is c1ccc(N(c2ccc(-c3ccc(-c4ccc(N(c5ccccc5)c5cc6c(c7ccccc57)-c5ccccc5C65c6ccccc6-c6ccccc65)cc4)cc3)cc2)c2ccc3ccccc3c2)cc1. The van der Waals surface area contributed by atoms with Crippen LogP contribution in [0.15, 0.2) is 279 Å². The molecule has 14 rings (SSSR count). The van der Waals surface area contributed by atoms with Crippen molar-refractivity contribution in [3.05, 3.63) is 301 Å².